The summed E-state index contributed by atoms with van der Waals surface area (Å²) in [5.41, 5.74) is -0.740. The predicted molar refractivity (Wildman–Crippen MR) is 44.1 cm³/mol. The van der Waals surface area contributed by atoms with Crippen molar-refractivity contribution in [2.75, 3.05) is 0 Å². The molecule has 0 unspecified atom stereocenters. The van der Waals surface area contributed by atoms with Gasteiger partial charge in [-0.3, -0.25) is 4.98 Å². The highest BCUT2D eigenvalue weighted by Gasteiger charge is 2.30. The SMILES string of the molecule is C=C(Cl)c1cc(C(F)(F)F)ccn1. The molecule has 5 heteroatoms. The van der Waals surface area contributed by atoms with Gasteiger partial charge in [0.2, 0.25) is 0 Å². The van der Waals surface area contributed by atoms with E-state index >= 15 is 0 Å². The first-order valence-electron chi connectivity index (χ1n) is 3.29. The first-order chi connectivity index (χ1) is 5.91. The van der Waals surface area contributed by atoms with Crippen molar-refractivity contribution >= 4 is 16.6 Å². The van der Waals surface area contributed by atoms with Crippen LogP contribution < -0.4 is 0 Å². The molecule has 1 aromatic rings. The third-order valence-corrected chi connectivity index (χ3v) is 1.56. The average Bonchev–Trinajstić information content (AvgIpc) is 2.03. The van der Waals surface area contributed by atoms with Gasteiger partial charge in [-0.2, -0.15) is 13.2 Å². The van der Waals surface area contributed by atoms with E-state index in [4.69, 9.17) is 11.6 Å². The molecule has 0 radical (unpaired) electrons. The summed E-state index contributed by atoms with van der Waals surface area (Å²) in [5.74, 6) is 0. The highest BCUT2D eigenvalue weighted by atomic mass is 35.5. The van der Waals surface area contributed by atoms with Gasteiger partial charge in [0.15, 0.2) is 0 Å². The van der Waals surface area contributed by atoms with E-state index in [1.165, 1.54) is 0 Å². The van der Waals surface area contributed by atoms with Gasteiger partial charge < -0.3 is 0 Å². The molecule has 0 aliphatic carbocycles. The topological polar surface area (TPSA) is 12.9 Å². The van der Waals surface area contributed by atoms with E-state index in [-0.39, 0.29) is 10.7 Å². The molecule has 0 bridgehead atoms. The summed E-state index contributed by atoms with van der Waals surface area (Å²) < 4.78 is 36.4. The van der Waals surface area contributed by atoms with Crippen molar-refractivity contribution in [1.29, 1.82) is 0 Å². The third kappa shape index (κ3) is 2.45. The molecule has 0 aliphatic heterocycles. The molecule has 0 aromatic carbocycles. The van der Waals surface area contributed by atoms with Crippen molar-refractivity contribution in [3.63, 3.8) is 0 Å². The minimum atomic E-state index is -4.37. The van der Waals surface area contributed by atoms with Crippen LogP contribution in [-0.4, -0.2) is 4.98 Å². The number of nitrogens with zero attached hydrogens (tertiary/aromatic N) is 1. The largest absolute Gasteiger partial charge is 0.416 e. The molecule has 1 nitrogen and oxygen atoms in total. The fourth-order valence-corrected chi connectivity index (χ4v) is 0.859. The van der Waals surface area contributed by atoms with Gasteiger partial charge in [-0.15, -0.1) is 0 Å². The van der Waals surface area contributed by atoms with Crippen LogP contribution in [0.4, 0.5) is 13.2 Å². The Kier molecular flexibility index (Phi) is 2.61. The smallest absolute Gasteiger partial charge is 0.255 e. The lowest BCUT2D eigenvalue weighted by atomic mass is 10.2. The molecule has 1 rings (SSSR count). The number of pyridine rings is 1. The Balaban J connectivity index is 3.13. The van der Waals surface area contributed by atoms with Gasteiger partial charge in [0, 0.05) is 6.20 Å². The highest BCUT2D eigenvalue weighted by Crippen LogP contribution is 2.30. The molecule has 0 saturated heterocycles. The van der Waals surface area contributed by atoms with Gasteiger partial charge in [0.1, 0.15) is 0 Å². The van der Waals surface area contributed by atoms with E-state index in [9.17, 15) is 13.2 Å². The van der Waals surface area contributed by atoms with Gasteiger partial charge in [0.05, 0.1) is 16.3 Å². The van der Waals surface area contributed by atoms with Crippen LogP contribution in [0.1, 0.15) is 11.3 Å². The minimum Gasteiger partial charge on any atom is -0.255 e. The normalized spacial score (nSPS) is 11.4. The Labute approximate surface area is 77.9 Å². The lowest BCUT2D eigenvalue weighted by Crippen LogP contribution is -2.05. The van der Waals surface area contributed by atoms with E-state index in [1.807, 2.05) is 0 Å². The van der Waals surface area contributed by atoms with Crippen LogP contribution in [0.5, 0.6) is 0 Å². The number of alkyl halides is 3. The van der Waals surface area contributed by atoms with Crippen LogP contribution in [0.15, 0.2) is 24.9 Å². The maximum absolute atomic E-state index is 12.1. The lowest BCUT2D eigenvalue weighted by molar-refractivity contribution is -0.137. The van der Waals surface area contributed by atoms with Gasteiger partial charge in [-0.25, -0.2) is 0 Å². The summed E-state index contributed by atoms with van der Waals surface area (Å²) in [6, 6.07) is 1.73. The zero-order chi connectivity index (χ0) is 10.1. The minimum absolute atomic E-state index is 0.00824. The Hall–Kier alpha value is -1.03. The quantitative estimate of drug-likeness (QED) is 0.689. The van der Waals surface area contributed by atoms with Crippen LogP contribution in [0.25, 0.3) is 5.03 Å². The second-order valence-electron chi connectivity index (χ2n) is 2.33. The molecule has 1 aromatic heterocycles. The van der Waals surface area contributed by atoms with Gasteiger partial charge in [-0.05, 0) is 12.1 Å². The maximum Gasteiger partial charge on any atom is 0.416 e. The van der Waals surface area contributed by atoms with E-state index in [0.29, 0.717) is 0 Å². The number of hydrogen-bond donors (Lipinski definition) is 0. The molecule has 0 fully saturated rings. The van der Waals surface area contributed by atoms with Crippen LogP contribution >= 0.6 is 11.6 Å². The van der Waals surface area contributed by atoms with E-state index < -0.39 is 11.7 Å². The molecule has 13 heavy (non-hydrogen) atoms. The number of hydrogen-bond acceptors (Lipinski definition) is 1. The molecule has 0 spiro atoms. The van der Waals surface area contributed by atoms with Crippen molar-refractivity contribution in [3.05, 3.63) is 36.2 Å². The Morgan fingerprint density at radius 3 is 2.54 bits per heavy atom. The molecular formula is C8H5ClF3N. The van der Waals surface area contributed by atoms with Crippen molar-refractivity contribution in [2.45, 2.75) is 6.18 Å². The molecule has 0 amide bonds. The average molecular weight is 208 g/mol. The fourth-order valence-electron chi connectivity index (χ4n) is 0.755. The van der Waals surface area contributed by atoms with Crippen molar-refractivity contribution < 1.29 is 13.2 Å². The summed E-state index contributed by atoms with van der Waals surface area (Å²) in [5, 5.41) is -0.00824. The van der Waals surface area contributed by atoms with E-state index in [1.54, 1.807) is 0 Å². The summed E-state index contributed by atoms with van der Waals surface area (Å²) in [6.07, 6.45) is -3.32. The van der Waals surface area contributed by atoms with Gasteiger partial charge in [-0.1, -0.05) is 18.2 Å². The number of rotatable bonds is 1. The first kappa shape index (κ1) is 10.1. The van der Waals surface area contributed by atoms with Gasteiger partial charge >= 0.3 is 6.18 Å². The first-order valence-corrected chi connectivity index (χ1v) is 3.67. The van der Waals surface area contributed by atoms with Crippen LogP contribution in [0, 0.1) is 0 Å². The second kappa shape index (κ2) is 3.38. The van der Waals surface area contributed by atoms with Crippen molar-refractivity contribution in [2.24, 2.45) is 0 Å². The third-order valence-electron chi connectivity index (χ3n) is 1.37. The predicted octanol–water partition coefficient (Wildman–Crippen LogP) is 3.31. The summed E-state index contributed by atoms with van der Waals surface area (Å²) >= 11 is 5.40. The fraction of sp³-hybridized carbons (Fsp3) is 0.125. The van der Waals surface area contributed by atoms with Crippen molar-refractivity contribution in [3.8, 4) is 0 Å². The molecule has 70 valence electrons. The molecule has 0 atom stereocenters. The highest BCUT2D eigenvalue weighted by molar-refractivity contribution is 6.48. The zero-order valence-electron chi connectivity index (χ0n) is 6.40. The number of aromatic nitrogens is 1. The second-order valence-corrected chi connectivity index (χ2v) is 2.79. The summed E-state index contributed by atoms with van der Waals surface area (Å²) in [7, 11) is 0. The standard InChI is InChI=1S/C8H5ClF3N/c1-5(9)7-4-6(2-3-13-7)8(10,11)12/h2-4H,1H2. The van der Waals surface area contributed by atoms with E-state index in [0.717, 1.165) is 18.3 Å². The Morgan fingerprint density at radius 2 is 2.08 bits per heavy atom. The molecular weight excluding hydrogens is 203 g/mol. The summed E-state index contributed by atoms with van der Waals surface area (Å²) in [4.78, 5) is 3.62. The monoisotopic (exact) mass is 207 g/mol. The van der Waals surface area contributed by atoms with Crippen LogP contribution in [0.2, 0.25) is 0 Å². The maximum atomic E-state index is 12.1. The molecule has 0 aliphatic rings. The van der Waals surface area contributed by atoms with Crippen LogP contribution in [-0.2, 0) is 6.18 Å². The van der Waals surface area contributed by atoms with E-state index in [2.05, 4.69) is 11.6 Å². The Morgan fingerprint density at radius 1 is 1.46 bits per heavy atom. The molecule has 1 heterocycles. The van der Waals surface area contributed by atoms with Crippen molar-refractivity contribution in [1.82, 2.24) is 4.98 Å². The molecule has 0 N–H and O–H groups in total. The zero-order valence-corrected chi connectivity index (χ0v) is 7.15. The van der Waals surface area contributed by atoms with Crippen LogP contribution in [0.3, 0.4) is 0 Å². The summed E-state index contributed by atoms with van der Waals surface area (Å²) in [6.45, 7) is 3.28. The number of halogens is 4. The Bertz CT molecular complexity index is 332. The lowest BCUT2D eigenvalue weighted by Gasteiger charge is -2.06. The van der Waals surface area contributed by atoms with Gasteiger partial charge in [0.25, 0.3) is 0 Å². The molecule has 0 saturated carbocycles.